The highest BCUT2D eigenvalue weighted by molar-refractivity contribution is 7.89. The number of alkyl carbamates (subject to hydrolysis) is 2. The summed E-state index contributed by atoms with van der Waals surface area (Å²) < 4.78 is 65.7. The Morgan fingerprint density at radius 3 is 1.22 bits per heavy atom. The maximum atomic E-state index is 13.3. The van der Waals surface area contributed by atoms with Crippen LogP contribution in [-0.2, 0) is 77.5 Å². The number of nitrogens with zero attached hydrogens (tertiary/aromatic N) is 2. The third-order valence-corrected chi connectivity index (χ3v) is 18.1. The van der Waals surface area contributed by atoms with Crippen molar-refractivity contribution in [2.75, 3.05) is 23.7 Å². The molecule has 2 fully saturated rings. The molecule has 2 aliphatic rings. The van der Waals surface area contributed by atoms with E-state index in [2.05, 4.69) is 31.9 Å². The van der Waals surface area contributed by atoms with Gasteiger partial charge in [-0.3, -0.25) is 19.2 Å². The van der Waals surface area contributed by atoms with Gasteiger partial charge in [0.25, 0.3) is 0 Å². The molecule has 0 spiro atoms. The molecule has 0 aliphatic carbocycles. The van der Waals surface area contributed by atoms with Crippen molar-refractivity contribution < 1.29 is 74.9 Å². The number of ether oxygens (including phenoxy) is 2. The van der Waals surface area contributed by atoms with E-state index in [0.29, 0.717) is 35.3 Å². The zero-order valence-electron chi connectivity index (χ0n) is 51.8. The summed E-state index contributed by atoms with van der Waals surface area (Å²) in [7, 11) is -7.90. The zero-order valence-corrected chi connectivity index (χ0v) is 53.4. The molecule has 0 aromatic heterocycles. The number of rotatable bonds is 22. The number of anilines is 2. The van der Waals surface area contributed by atoms with Gasteiger partial charge in [-0.05, 0) is 153 Å². The summed E-state index contributed by atoms with van der Waals surface area (Å²) in [6.45, 7) is 15.8. The first-order valence-electron chi connectivity index (χ1n) is 29.2. The maximum absolute atomic E-state index is 13.3. The molecule has 2 aliphatic heterocycles. The standard InChI is InChI=1S/C35H42N4O8S.C29H38N4O8S/c1-23-12-18-27(19-13-23)48(45,46)39-20-8-11-30(39)32(41)37-29(33(42)43)22-25-14-16-26(17-15-25)36-31(40)28(21-24-9-6-5-7-10-24)38-34(44)47-35(2,3)4;1-18-8-14-22(15-9-18)42(39,40)33-16-6-7-24(33)26(35)32-23(27(36)37)17-20-10-12-21(13-11-20)31-25(34)19(2)30-28(38)41-29(3,4)5/h5-7,9-10,12-19,28-30H,8,11,20-22H2,1-4H3,(H,36,40)(H,37,41)(H,38,44)(H,42,43);8-15,19,23-24H,6-7,16-17H2,1-5H3,(H,30,38)(H,31,34)(H,32,35)(H,36,37)/t28-,29+,30+;19-,23+,24+/m11/s1. The van der Waals surface area contributed by atoms with E-state index in [1.54, 1.807) is 114 Å². The molecular weight excluding hydrogens is 1200 g/mol. The summed E-state index contributed by atoms with van der Waals surface area (Å²) in [6.07, 6.45) is 0.0969. The predicted molar refractivity (Wildman–Crippen MR) is 335 cm³/mol. The smallest absolute Gasteiger partial charge is 0.408 e. The Labute approximate surface area is 525 Å². The fourth-order valence-electron chi connectivity index (χ4n) is 9.67. The molecule has 2 saturated heterocycles. The number of aliphatic carboxylic acids is 2. The molecule has 90 heavy (non-hydrogen) atoms. The van der Waals surface area contributed by atoms with Crippen molar-refractivity contribution in [3.05, 3.63) is 155 Å². The lowest BCUT2D eigenvalue weighted by atomic mass is 10.0. The number of benzene rings is 5. The molecule has 8 N–H and O–H groups in total. The van der Waals surface area contributed by atoms with Crippen LogP contribution in [0.2, 0.25) is 0 Å². The van der Waals surface area contributed by atoms with Crippen LogP contribution in [0, 0.1) is 13.8 Å². The second-order valence-corrected chi connectivity index (χ2v) is 27.8. The Balaban J connectivity index is 0.000000289. The SMILES string of the molecule is Cc1ccc(S(=O)(=O)N2CCC[C@H]2C(=O)N[C@@H](Cc2ccc(NC(=O)[C@@H](C)NC(=O)OC(C)(C)C)cc2)C(=O)O)cc1.Cc1ccc(S(=O)(=O)N2CCC[C@H]2C(=O)N[C@@H](Cc2ccc(NC(=O)[C@@H](Cc3ccccc3)NC(=O)OC(C)(C)C)cc2)C(=O)O)cc1. The molecule has 5 aromatic rings. The summed E-state index contributed by atoms with van der Waals surface area (Å²) in [5.74, 6) is -4.86. The third kappa shape index (κ3) is 20.7. The van der Waals surface area contributed by atoms with E-state index in [1.165, 1.54) is 31.2 Å². The number of carbonyl (C=O) groups excluding carboxylic acids is 6. The van der Waals surface area contributed by atoms with Crippen molar-refractivity contribution in [2.24, 2.45) is 0 Å². The molecule has 0 saturated carbocycles. The average molecular weight is 1280 g/mol. The predicted octanol–water partition coefficient (Wildman–Crippen LogP) is 6.85. The summed E-state index contributed by atoms with van der Waals surface area (Å²) >= 11 is 0. The van der Waals surface area contributed by atoms with Gasteiger partial charge in [-0.25, -0.2) is 36.0 Å². The van der Waals surface area contributed by atoms with Gasteiger partial charge in [0, 0.05) is 43.7 Å². The lowest BCUT2D eigenvalue weighted by Gasteiger charge is -2.25. The lowest BCUT2D eigenvalue weighted by molar-refractivity contribution is -0.142. The highest BCUT2D eigenvalue weighted by Gasteiger charge is 2.42. The van der Waals surface area contributed by atoms with Crippen molar-refractivity contribution in [1.29, 1.82) is 0 Å². The number of hydrogen-bond acceptors (Lipinski definition) is 14. The van der Waals surface area contributed by atoms with Gasteiger partial charge in [-0.1, -0.05) is 90.0 Å². The number of sulfonamides is 2. The van der Waals surface area contributed by atoms with Crippen LogP contribution in [0.3, 0.4) is 0 Å². The number of nitrogens with one attached hydrogen (secondary N) is 6. The molecule has 2 heterocycles. The normalized spacial score (nSPS) is 16.7. The van der Waals surface area contributed by atoms with Gasteiger partial charge in [0.1, 0.15) is 47.5 Å². The van der Waals surface area contributed by atoms with Crippen LogP contribution < -0.4 is 31.9 Å². The fourth-order valence-corrected chi connectivity index (χ4v) is 13.0. The van der Waals surface area contributed by atoms with Crippen LogP contribution in [0.4, 0.5) is 21.0 Å². The van der Waals surface area contributed by atoms with Crippen molar-refractivity contribution in [3.8, 4) is 0 Å². The molecule has 6 amide bonds. The van der Waals surface area contributed by atoms with E-state index in [1.807, 2.05) is 44.2 Å². The van der Waals surface area contributed by atoms with Crippen molar-refractivity contribution in [3.63, 3.8) is 0 Å². The van der Waals surface area contributed by atoms with E-state index < -0.39 is 115 Å². The highest BCUT2D eigenvalue weighted by atomic mass is 32.2. The van der Waals surface area contributed by atoms with Gasteiger partial charge in [-0.15, -0.1) is 0 Å². The van der Waals surface area contributed by atoms with Crippen LogP contribution in [0.1, 0.15) is 102 Å². The number of hydrogen-bond donors (Lipinski definition) is 8. The molecular formula is C64H80N8O16S2. The molecule has 0 radical (unpaired) electrons. The number of carbonyl (C=O) groups is 8. The number of carboxylic acids is 2. The zero-order chi connectivity index (χ0) is 66.3. The van der Waals surface area contributed by atoms with Crippen LogP contribution >= 0.6 is 0 Å². The minimum atomic E-state index is -3.96. The van der Waals surface area contributed by atoms with Crippen molar-refractivity contribution >= 4 is 79.2 Å². The van der Waals surface area contributed by atoms with E-state index >= 15 is 0 Å². The monoisotopic (exact) mass is 1280 g/mol. The van der Waals surface area contributed by atoms with Gasteiger partial charge in [0.2, 0.25) is 43.7 Å². The molecule has 26 heteroatoms. The first-order chi connectivity index (χ1) is 42.2. The van der Waals surface area contributed by atoms with Crippen molar-refractivity contribution in [2.45, 2.75) is 165 Å². The summed E-state index contributed by atoms with van der Waals surface area (Å²) in [4.78, 5) is 101. The number of amides is 6. The molecule has 6 atom stereocenters. The summed E-state index contributed by atoms with van der Waals surface area (Å²) in [5, 5.41) is 35.2. The molecule has 0 bridgehead atoms. The molecule has 5 aromatic carbocycles. The Morgan fingerprint density at radius 1 is 0.489 bits per heavy atom. The third-order valence-electron chi connectivity index (χ3n) is 14.2. The number of aryl methyl sites for hydroxylation is 2. The topological polar surface area (TPSA) is 342 Å². The van der Waals surface area contributed by atoms with Crippen LogP contribution in [0.25, 0.3) is 0 Å². The Kier molecular flexibility index (Phi) is 24.0. The largest absolute Gasteiger partial charge is 0.480 e. The van der Waals surface area contributed by atoms with Crippen LogP contribution in [0.15, 0.2) is 137 Å². The van der Waals surface area contributed by atoms with E-state index in [4.69, 9.17) is 9.47 Å². The molecule has 0 unspecified atom stereocenters. The minimum absolute atomic E-state index is 0.0661. The summed E-state index contributed by atoms with van der Waals surface area (Å²) in [6, 6.07) is 28.1. The van der Waals surface area contributed by atoms with Gasteiger partial charge in [0.05, 0.1) is 9.79 Å². The van der Waals surface area contributed by atoms with Crippen molar-refractivity contribution in [1.82, 2.24) is 29.9 Å². The van der Waals surface area contributed by atoms with Gasteiger partial charge in [0.15, 0.2) is 0 Å². The minimum Gasteiger partial charge on any atom is -0.480 e. The Bertz CT molecular complexity index is 3580. The molecule has 484 valence electrons. The maximum Gasteiger partial charge on any atom is 0.408 e. The Hall–Kier alpha value is -8.72. The lowest BCUT2D eigenvalue weighted by Crippen LogP contribution is -2.51. The fraction of sp³-hybridized carbons (Fsp3) is 0.406. The number of carboxylic acid groups (broad SMARTS) is 2. The van der Waals surface area contributed by atoms with Gasteiger partial charge >= 0.3 is 24.1 Å². The van der Waals surface area contributed by atoms with E-state index in [-0.39, 0.29) is 55.0 Å². The van der Waals surface area contributed by atoms with Gasteiger partial charge < -0.3 is 51.6 Å². The van der Waals surface area contributed by atoms with Gasteiger partial charge in [-0.2, -0.15) is 8.61 Å². The average Bonchev–Trinajstić information content (AvgIpc) is 1.58. The molecule has 7 rings (SSSR count). The quantitative estimate of drug-likeness (QED) is 0.0351. The molecule has 24 nitrogen and oxygen atoms in total. The highest BCUT2D eigenvalue weighted by Crippen LogP contribution is 2.29. The first-order valence-corrected chi connectivity index (χ1v) is 32.1. The second-order valence-electron chi connectivity index (χ2n) is 24.0. The summed E-state index contributed by atoms with van der Waals surface area (Å²) in [5.41, 5.74) is 3.11. The van der Waals surface area contributed by atoms with Crippen LogP contribution in [-0.4, -0.2) is 144 Å². The Morgan fingerprint density at radius 2 is 0.844 bits per heavy atom. The second kappa shape index (κ2) is 30.7. The van der Waals surface area contributed by atoms with E-state index in [0.717, 1.165) is 25.3 Å². The van der Waals surface area contributed by atoms with Crippen LogP contribution in [0.5, 0.6) is 0 Å². The first kappa shape index (κ1) is 70.4. The van der Waals surface area contributed by atoms with E-state index in [9.17, 15) is 65.4 Å².